The number of nitrogens with two attached hydrogens (primary N) is 1. The number of hydrogen-bond donors (Lipinski definition) is 1. The van der Waals surface area contributed by atoms with Crippen LogP contribution in [0.3, 0.4) is 0 Å². The van der Waals surface area contributed by atoms with Gasteiger partial charge in [-0.2, -0.15) is 0 Å². The summed E-state index contributed by atoms with van der Waals surface area (Å²) in [4.78, 5) is 4.42. The summed E-state index contributed by atoms with van der Waals surface area (Å²) in [5.74, 6) is 0. The average Bonchev–Trinajstić information content (AvgIpc) is 2.00. The van der Waals surface area contributed by atoms with Crippen molar-refractivity contribution in [3.8, 4) is 0 Å². The van der Waals surface area contributed by atoms with Crippen LogP contribution in [0.25, 0.3) is 0 Å². The zero-order chi connectivity index (χ0) is 9.90. The normalized spacial score (nSPS) is 11.7. The molecule has 0 fully saturated rings. The zero-order valence-corrected chi connectivity index (χ0v) is 8.67. The molecule has 0 aliphatic heterocycles. The van der Waals surface area contributed by atoms with E-state index in [1.165, 1.54) is 0 Å². The summed E-state index contributed by atoms with van der Waals surface area (Å²) in [6, 6.07) is 6.11. The fraction of sp³-hybridized carbons (Fsp3) is 0.545. The Morgan fingerprint density at radius 2 is 2.08 bits per heavy atom. The van der Waals surface area contributed by atoms with Crippen LogP contribution >= 0.6 is 0 Å². The Morgan fingerprint density at radius 1 is 1.38 bits per heavy atom. The molecular weight excluding hydrogens is 160 g/mol. The summed E-state index contributed by atoms with van der Waals surface area (Å²) in [6.45, 7) is 6.10. The first-order valence-electron chi connectivity index (χ1n) is 4.69. The molecule has 0 unspecified atom stereocenters. The summed E-state index contributed by atoms with van der Waals surface area (Å²) in [5.41, 5.74) is 8.02. The predicted molar refractivity (Wildman–Crippen MR) is 55.6 cm³/mol. The lowest BCUT2D eigenvalue weighted by Crippen LogP contribution is -2.32. The van der Waals surface area contributed by atoms with Crippen molar-refractivity contribution in [2.24, 2.45) is 5.73 Å². The van der Waals surface area contributed by atoms with Crippen LogP contribution in [0.2, 0.25) is 0 Å². The Balaban J connectivity index is 2.55. The van der Waals surface area contributed by atoms with Gasteiger partial charge >= 0.3 is 0 Å². The topological polar surface area (TPSA) is 38.9 Å². The molecule has 0 aromatic carbocycles. The molecular formula is C11H18N2. The fourth-order valence-corrected chi connectivity index (χ4v) is 1.19. The van der Waals surface area contributed by atoms with Crippen LogP contribution in [0.5, 0.6) is 0 Å². The van der Waals surface area contributed by atoms with Crippen LogP contribution in [0.15, 0.2) is 18.2 Å². The third-order valence-corrected chi connectivity index (χ3v) is 1.97. The maximum absolute atomic E-state index is 5.89. The number of rotatable bonds is 3. The second-order valence-corrected chi connectivity index (χ2v) is 4.26. The maximum atomic E-state index is 5.89. The molecule has 0 amide bonds. The van der Waals surface area contributed by atoms with Crippen molar-refractivity contribution < 1.29 is 0 Å². The lowest BCUT2D eigenvalue weighted by molar-refractivity contribution is 0.474. The predicted octanol–water partition coefficient (Wildman–Crippen LogP) is 2.06. The van der Waals surface area contributed by atoms with Gasteiger partial charge in [-0.25, -0.2) is 0 Å². The molecule has 1 rings (SSSR count). The minimum atomic E-state index is -0.0918. The van der Waals surface area contributed by atoms with Crippen LogP contribution in [-0.4, -0.2) is 10.5 Å². The van der Waals surface area contributed by atoms with Crippen molar-refractivity contribution in [1.82, 2.24) is 4.98 Å². The van der Waals surface area contributed by atoms with Gasteiger partial charge in [0.25, 0.3) is 0 Å². The van der Waals surface area contributed by atoms with Crippen molar-refractivity contribution in [3.63, 3.8) is 0 Å². The minimum absolute atomic E-state index is 0.0918. The number of hydrogen-bond acceptors (Lipinski definition) is 2. The smallest absolute Gasteiger partial charge is 0.0407 e. The number of aryl methyl sites for hydroxylation is 2. The number of aromatic nitrogens is 1. The van der Waals surface area contributed by atoms with Crippen LogP contribution < -0.4 is 5.73 Å². The van der Waals surface area contributed by atoms with E-state index in [2.05, 4.69) is 11.1 Å². The largest absolute Gasteiger partial charge is 0.326 e. The molecule has 0 aliphatic carbocycles. The van der Waals surface area contributed by atoms with E-state index in [4.69, 9.17) is 5.73 Å². The Bertz CT molecular complexity index is 274. The van der Waals surface area contributed by atoms with Gasteiger partial charge in [-0.15, -0.1) is 0 Å². The highest BCUT2D eigenvalue weighted by Gasteiger charge is 2.10. The lowest BCUT2D eigenvalue weighted by atomic mass is 9.99. The maximum Gasteiger partial charge on any atom is 0.0407 e. The summed E-state index contributed by atoms with van der Waals surface area (Å²) in [5, 5.41) is 0. The molecule has 0 aliphatic rings. The molecule has 0 saturated carbocycles. The number of pyridine rings is 1. The van der Waals surface area contributed by atoms with Crippen LogP contribution in [0.1, 0.15) is 31.7 Å². The molecule has 2 N–H and O–H groups in total. The van der Waals surface area contributed by atoms with E-state index in [1.54, 1.807) is 0 Å². The van der Waals surface area contributed by atoms with Gasteiger partial charge in [0.2, 0.25) is 0 Å². The molecule has 0 saturated heterocycles. The summed E-state index contributed by atoms with van der Waals surface area (Å²) in [7, 11) is 0. The van der Waals surface area contributed by atoms with Gasteiger partial charge in [0.15, 0.2) is 0 Å². The molecule has 72 valence electrons. The van der Waals surface area contributed by atoms with Gasteiger partial charge < -0.3 is 5.73 Å². The highest BCUT2D eigenvalue weighted by atomic mass is 14.7. The van der Waals surface area contributed by atoms with Gasteiger partial charge in [-0.3, -0.25) is 4.98 Å². The van der Waals surface area contributed by atoms with Crippen molar-refractivity contribution in [1.29, 1.82) is 0 Å². The summed E-state index contributed by atoms with van der Waals surface area (Å²) >= 11 is 0. The zero-order valence-electron chi connectivity index (χ0n) is 8.67. The van der Waals surface area contributed by atoms with Crippen molar-refractivity contribution >= 4 is 0 Å². The van der Waals surface area contributed by atoms with E-state index < -0.39 is 0 Å². The van der Waals surface area contributed by atoms with E-state index in [-0.39, 0.29) is 5.54 Å². The molecule has 0 bridgehead atoms. The summed E-state index contributed by atoms with van der Waals surface area (Å²) < 4.78 is 0. The molecule has 1 aromatic rings. The first-order chi connectivity index (χ1) is 5.97. The highest BCUT2D eigenvalue weighted by molar-refractivity contribution is 5.10. The lowest BCUT2D eigenvalue weighted by Gasteiger charge is -2.17. The first-order valence-corrected chi connectivity index (χ1v) is 4.69. The van der Waals surface area contributed by atoms with E-state index in [0.29, 0.717) is 0 Å². The Kier molecular flexibility index (Phi) is 3.04. The molecule has 0 atom stereocenters. The van der Waals surface area contributed by atoms with Crippen LogP contribution in [0.4, 0.5) is 0 Å². The third-order valence-electron chi connectivity index (χ3n) is 1.97. The third kappa shape index (κ3) is 4.04. The van der Waals surface area contributed by atoms with Crippen molar-refractivity contribution in [2.45, 2.75) is 39.2 Å². The molecule has 1 heterocycles. The van der Waals surface area contributed by atoms with Gasteiger partial charge in [0.05, 0.1) is 0 Å². The average molecular weight is 178 g/mol. The second kappa shape index (κ2) is 3.88. The van der Waals surface area contributed by atoms with Gasteiger partial charge in [-0.1, -0.05) is 6.07 Å². The minimum Gasteiger partial charge on any atom is -0.326 e. The van der Waals surface area contributed by atoms with Gasteiger partial charge in [0.1, 0.15) is 0 Å². The van der Waals surface area contributed by atoms with Gasteiger partial charge in [0, 0.05) is 16.9 Å². The molecule has 1 aromatic heterocycles. The molecule has 0 radical (unpaired) electrons. The highest BCUT2D eigenvalue weighted by Crippen LogP contribution is 2.09. The Morgan fingerprint density at radius 3 is 2.62 bits per heavy atom. The van der Waals surface area contributed by atoms with Gasteiger partial charge in [-0.05, 0) is 45.7 Å². The quantitative estimate of drug-likeness (QED) is 0.769. The SMILES string of the molecule is Cc1cccc(CCC(C)(C)N)n1. The molecule has 13 heavy (non-hydrogen) atoms. The standard InChI is InChI=1S/C11H18N2/c1-9-5-4-6-10(13-9)7-8-11(2,3)12/h4-6H,7-8,12H2,1-3H3. The molecule has 2 nitrogen and oxygen atoms in total. The van der Waals surface area contributed by atoms with E-state index in [0.717, 1.165) is 24.2 Å². The first kappa shape index (κ1) is 10.2. The van der Waals surface area contributed by atoms with Crippen molar-refractivity contribution in [2.75, 3.05) is 0 Å². The van der Waals surface area contributed by atoms with Crippen molar-refractivity contribution in [3.05, 3.63) is 29.6 Å². The number of nitrogens with zero attached hydrogens (tertiary/aromatic N) is 1. The molecule has 2 heteroatoms. The van der Waals surface area contributed by atoms with Crippen LogP contribution in [0, 0.1) is 6.92 Å². The monoisotopic (exact) mass is 178 g/mol. The fourth-order valence-electron chi connectivity index (χ4n) is 1.19. The second-order valence-electron chi connectivity index (χ2n) is 4.26. The Labute approximate surface area is 80.2 Å². The van der Waals surface area contributed by atoms with E-state index >= 15 is 0 Å². The Hall–Kier alpha value is -0.890. The van der Waals surface area contributed by atoms with Crippen LogP contribution in [-0.2, 0) is 6.42 Å². The van der Waals surface area contributed by atoms with E-state index in [1.807, 2.05) is 32.9 Å². The summed E-state index contributed by atoms with van der Waals surface area (Å²) in [6.07, 6.45) is 1.94. The molecule has 0 spiro atoms. The van der Waals surface area contributed by atoms with E-state index in [9.17, 15) is 0 Å².